The molecule has 0 saturated heterocycles. The number of nitrogens with zero attached hydrogens (tertiary/aromatic N) is 3. The summed E-state index contributed by atoms with van der Waals surface area (Å²) in [5, 5.41) is 17.5. The Labute approximate surface area is 124 Å². The molecule has 0 radical (unpaired) electrons. The highest BCUT2D eigenvalue weighted by atomic mass is 16.5. The predicted octanol–water partition coefficient (Wildman–Crippen LogP) is 2.51. The van der Waals surface area contributed by atoms with Crippen LogP contribution in [0.2, 0.25) is 0 Å². The summed E-state index contributed by atoms with van der Waals surface area (Å²) in [4.78, 5) is 13.5. The molecule has 1 aromatic carbocycles. The minimum Gasteiger partial charge on any atom is -0.462 e. The Balaban J connectivity index is 2.85. The topological polar surface area (TPSA) is 77.1 Å². The van der Waals surface area contributed by atoms with E-state index in [-0.39, 0.29) is 12.2 Å². The Kier molecular flexibility index (Phi) is 6.50. The number of hydrogen-bond acceptors (Lipinski definition) is 5. The van der Waals surface area contributed by atoms with E-state index in [0.29, 0.717) is 13.0 Å². The van der Waals surface area contributed by atoms with Gasteiger partial charge in [0.15, 0.2) is 0 Å². The van der Waals surface area contributed by atoms with Crippen LogP contribution < -0.4 is 4.90 Å². The fraction of sp³-hybridized carbons (Fsp3) is 0.312. The van der Waals surface area contributed by atoms with Gasteiger partial charge in [-0.3, -0.25) is 0 Å². The van der Waals surface area contributed by atoms with Crippen LogP contribution in [0.5, 0.6) is 0 Å². The molecule has 1 rings (SSSR count). The maximum atomic E-state index is 11.5. The molecule has 0 saturated carbocycles. The number of carbonyl (C=O) groups is 1. The van der Waals surface area contributed by atoms with Crippen LogP contribution in [0.3, 0.4) is 0 Å². The SMILES string of the molecule is CCOC(=O)/C(C#N)=C/c1ccc(N(C)CCC#N)cc1. The van der Waals surface area contributed by atoms with Crippen molar-refractivity contribution in [1.29, 1.82) is 10.5 Å². The molecule has 0 unspecified atom stereocenters. The maximum absolute atomic E-state index is 11.5. The molecule has 0 amide bonds. The molecule has 0 aliphatic carbocycles. The Morgan fingerprint density at radius 3 is 2.52 bits per heavy atom. The molecule has 21 heavy (non-hydrogen) atoms. The minimum atomic E-state index is -0.616. The van der Waals surface area contributed by atoms with Crippen molar-refractivity contribution in [1.82, 2.24) is 0 Å². The summed E-state index contributed by atoms with van der Waals surface area (Å²) in [5.74, 6) is -0.616. The van der Waals surface area contributed by atoms with E-state index in [2.05, 4.69) is 6.07 Å². The van der Waals surface area contributed by atoms with E-state index in [0.717, 1.165) is 11.3 Å². The van der Waals surface area contributed by atoms with Crippen molar-refractivity contribution < 1.29 is 9.53 Å². The van der Waals surface area contributed by atoms with Crippen LogP contribution in [0.4, 0.5) is 5.69 Å². The lowest BCUT2D eigenvalue weighted by Crippen LogP contribution is -2.17. The molecular weight excluding hydrogens is 266 g/mol. The Morgan fingerprint density at radius 1 is 1.33 bits per heavy atom. The number of benzene rings is 1. The van der Waals surface area contributed by atoms with Crippen LogP contribution in [0.1, 0.15) is 18.9 Å². The predicted molar refractivity (Wildman–Crippen MR) is 80.2 cm³/mol. The molecule has 0 spiro atoms. The van der Waals surface area contributed by atoms with Gasteiger partial charge in [-0.2, -0.15) is 10.5 Å². The number of ether oxygens (including phenoxy) is 1. The monoisotopic (exact) mass is 283 g/mol. The standard InChI is InChI=1S/C16H17N3O2/c1-3-21-16(20)14(12-18)11-13-5-7-15(8-6-13)19(2)10-4-9-17/h5-8,11H,3-4,10H2,1-2H3/b14-11+. The summed E-state index contributed by atoms with van der Waals surface area (Å²) in [6, 6.07) is 11.3. The Bertz CT molecular complexity index is 591. The summed E-state index contributed by atoms with van der Waals surface area (Å²) in [6.45, 7) is 2.58. The average Bonchev–Trinajstić information content (AvgIpc) is 2.51. The molecule has 108 valence electrons. The van der Waals surface area contributed by atoms with Gasteiger partial charge in [0.05, 0.1) is 19.1 Å². The second-order valence-corrected chi connectivity index (χ2v) is 4.31. The molecule has 0 fully saturated rings. The van der Waals surface area contributed by atoms with Crippen molar-refractivity contribution in [3.05, 3.63) is 35.4 Å². The molecule has 0 aliphatic heterocycles. The molecule has 0 atom stereocenters. The van der Waals surface area contributed by atoms with Crippen LogP contribution in [0.25, 0.3) is 6.08 Å². The zero-order valence-electron chi connectivity index (χ0n) is 12.2. The number of hydrogen-bond donors (Lipinski definition) is 0. The highest BCUT2D eigenvalue weighted by molar-refractivity contribution is 5.97. The summed E-state index contributed by atoms with van der Waals surface area (Å²) in [5.41, 5.74) is 1.69. The molecule has 0 heterocycles. The summed E-state index contributed by atoms with van der Waals surface area (Å²) in [6.07, 6.45) is 1.96. The van der Waals surface area contributed by atoms with E-state index in [1.165, 1.54) is 6.08 Å². The number of carbonyl (C=O) groups excluding carboxylic acids is 1. The lowest BCUT2D eigenvalue weighted by Gasteiger charge is -2.17. The van der Waals surface area contributed by atoms with E-state index in [9.17, 15) is 4.79 Å². The number of esters is 1. The fourth-order valence-electron chi connectivity index (χ4n) is 1.68. The van der Waals surface area contributed by atoms with E-state index in [1.807, 2.05) is 42.3 Å². The summed E-state index contributed by atoms with van der Waals surface area (Å²) < 4.78 is 4.80. The fourth-order valence-corrected chi connectivity index (χ4v) is 1.68. The largest absolute Gasteiger partial charge is 0.462 e. The van der Waals surface area contributed by atoms with Gasteiger partial charge < -0.3 is 9.64 Å². The highest BCUT2D eigenvalue weighted by Crippen LogP contribution is 2.16. The number of nitriles is 2. The van der Waals surface area contributed by atoms with Crippen LogP contribution >= 0.6 is 0 Å². The smallest absolute Gasteiger partial charge is 0.348 e. The summed E-state index contributed by atoms with van der Waals surface area (Å²) >= 11 is 0. The van der Waals surface area contributed by atoms with Gasteiger partial charge in [0.25, 0.3) is 0 Å². The van der Waals surface area contributed by atoms with E-state index >= 15 is 0 Å². The molecule has 1 aromatic rings. The highest BCUT2D eigenvalue weighted by Gasteiger charge is 2.09. The first kappa shape index (κ1) is 16.3. The Morgan fingerprint density at radius 2 is 2.00 bits per heavy atom. The molecule has 5 nitrogen and oxygen atoms in total. The minimum absolute atomic E-state index is 0.0255. The van der Waals surface area contributed by atoms with E-state index in [4.69, 9.17) is 15.3 Å². The van der Waals surface area contributed by atoms with Gasteiger partial charge in [-0.25, -0.2) is 4.79 Å². The van der Waals surface area contributed by atoms with Crippen LogP contribution in [-0.4, -0.2) is 26.2 Å². The zero-order valence-corrected chi connectivity index (χ0v) is 12.2. The van der Waals surface area contributed by atoms with Crippen molar-refractivity contribution in [2.24, 2.45) is 0 Å². The number of anilines is 1. The number of rotatable bonds is 6. The second kappa shape index (κ2) is 8.39. The molecule has 0 N–H and O–H groups in total. The van der Waals surface area contributed by atoms with Gasteiger partial charge in [-0.05, 0) is 30.7 Å². The van der Waals surface area contributed by atoms with Gasteiger partial charge >= 0.3 is 5.97 Å². The first-order chi connectivity index (χ1) is 10.1. The van der Waals surface area contributed by atoms with Crippen LogP contribution in [0.15, 0.2) is 29.8 Å². The quantitative estimate of drug-likeness (QED) is 0.455. The third-order valence-electron chi connectivity index (χ3n) is 2.82. The molecule has 0 aromatic heterocycles. The van der Waals surface area contributed by atoms with Gasteiger partial charge in [-0.15, -0.1) is 0 Å². The normalized spacial score (nSPS) is 10.4. The maximum Gasteiger partial charge on any atom is 0.348 e. The molecule has 5 heteroatoms. The van der Waals surface area contributed by atoms with E-state index < -0.39 is 5.97 Å². The van der Waals surface area contributed by atoms with Gasteiger partial charge in [0, 0.05) is 19.3 Å². The average molecular weight is 283 g/mol. The van der Waals surface area contributed by atoms with Crippen molar-refractivity contribution in [3.8, 4) is 12.1 Å². The van der Waals surface area contributed by atoms with Gasteiger partial charge in [0.1, 0.15) is 11.6 Å². The molecule has 0 bridgehead atoms. The summed E-state index contributed by atoms with van der Waals surface area (Å²) in [7, 11) is 1.90. The lowest BCUT2D eigenvalue weighted by molar-refractivity contribution is -0.137. The van der Waals surface area contributed by atoms with Crippen molar-refractivity contribution in [2.75, 3.05) is 25.1 Å². The van der Waals surface area contributed by atoms with E-state index in [1.54, 1.807) is 6.92 Å². The lowest BCUT2D eigenvalue weighted by atomic mass is 10.1. The Hall–Kier alpha value is -2.79. The van der Waals surface area contributed by atoms with Crippen molar-refractivity contribution in [2.45, 2.75) is 13.3 Å². The van der Waals surface area contributed by atoms with Gasteiger partial charge in [-0.1, -0.05) is 12.1 Å². The molecular formula is C16H17N3O2. The van der Waals surface area contributed by atoms with Crippen molar-refractivity contribution in [3.63, 3.8) is 0 Å². The first-order valence-corrected chi connectivity index (χ1v) is 6.59. The van der Waals surface area contributed by atoms with Crippen LogP contribution in [0, 0.1) is 22.7 Å². The zero-order chi connectivity index (χ0) is 15.7. The molecule has 0 aliphatic rings. The van der Waals surface area contributed by atoms with Crippen LogP contribution in [-0.2, 0) is 9.53 Å². The first-order valence-electron chi connectivity index (χ1n) is 6.59. The third-order valence-corrected chi connectivity index (χ3v) is 2.82. The van der Waals surface area contributed by atoms with Gasteiger partial charge in [0.2, 0.25) is 0 Å². The third kappa shape index (κ3) is 5.00. The second-order valence-electron chi connectivity index (χ2n) is 4.31. The van der Waals surface area contributed by atoms with Crippen molar-refractivity contribution >= 4 is 17.7 Å².